The minimum absolute atomic E-state index is 0.428. The van der Waals surface area contributed by atoms with Gasteiger partial charge >= 0.3 is 0 Å². The molecule has 2 nitrogen and oxygen atoms in total. The molecule has 1 aliphatic rings. The van der Waals surface area contributed by atoms with Crippen molar-refractivity contribution < 1.29 is 4.79 Å². The van der Waals surface area contributed by atoms with Crippen molar-refractivity contribution >= 4 is 11.5 Å². The van der Waals surface area contributed by atoms with Crippen LogP contribution in [0.4, 0.5) is 5.69 Å². The number of Topliss-reactive ketones (excluding diaryl/α,β-unsaturated/α-hetero) is 1. The Hall–Kier alpha value is -1.31. The Morgan fingerprint density at radius 1 is 1.06 bits per heavy atom. The Balaban J connectivity index is 2.23. The maximum atomic E-state index is 11.3. The average Bonchev–Trinajstić information content (AvgIpc) is 2.28. The first-order valence-corrected chi connectivity index (χ1v) is 6.81. The summed E-state index contributed by atoms with van der Waals surface area (Å²) in [4.78, 5) is 13.7. The molecule has 0 heterocycles. The molecule has 0 unspecified atom stereocenters. The van der Waals surface area contributed by atoms with Crippen LogP contribution in [-0.4, -0.2) is 18.9 Å². The molecule has 0 atom stereocenters. The van der Waals surface area contributed by atoms with Crippen molar-refractivity contribution in [3.8, 4) is 0 Å². The van der Waals surface area contributed by atoms with Gasteiger partial charge in [0.05, 0.1) is 0 Å². The van der Waals surface area contributed by atoms with Gasteiger partial charge in [0.15, 0.2) is 0 Å². The van der Waals surface area contributed by atoms with Gasteiger partial charge in [0.25, 0.3) is 0 Å². The highest BCUT2D eigenvalue weighted by Crippen LogP contribution is 2.30. The number of hydrogen-bond donors (Lipinski definition) is 0. The maximum Gasteiger partial charge on any atom is 0.133 e. The Labute approximate surface area is 110 Å². The second-order valence-electron chi connectivity index (χ2n) is 5.63. The van der Waals surface area contributed by atoms with E-state index in [4.69, 9.17) is 0 Å². The molecule has 0 radical (unpaired) electrons. The van der Waals surface area contributed by atoms with Gasteiger partial charge in [-0.15, -0.1) is 0 Å². The summed E-state index contributed by atoms with van der Waals surface area (Å²) in [6.07, 6.45) is 3.50. The second-order valence-corrected chi connectivity index (χ2v) is 5.63. The van der Waals surface area contributed by atoms with E-state index < -0.39 is 0 Å². The molecule has 0 amide bonds. The number of hydrogen-bond acceptors (Lipinski definition) is 2. The van der Waals surface area contributed by atoms with Gasteiger partial charge in [0.2, 0.25) is 0 Å². The van der Waals surface area contributed by atoms with Crippen LogP contribution in [0.1, 0.15) is 42.4 Å². The van der Waals surface area contributed by atoms with Gasteiger partial charge in [0, 0.05) is 31.6 Å². The highest BCUT2D eigenvalue weighted by molar-refractivity contribution is 5.79. The molecule has 0 N–H and O–H groups in total. The number of benzene rings is 1. The molecule has 0 spiro atoms. The van der Waals surface area contributed by atoms with Crippen LogP contribution in [-0.2, 0) is 4.79 Å². The molecule has 0 saturated heterocycles. The summed E-state index contributed by atoms with van der Waals surface area (Å²) in [5, 5.41) is 0. The average molecular weight is 245 g/mol. The summed E-state index contributed by atoms with van der Waals surface area (Å²) < 4.78 is 0. The molecule has 1 fully saturated rings. The normalized spacial score (nSPS) is 17.0. The molecule has 1 saturated carbocycles. The number of nitrogens with zero attached hydrogens (tertiary/aromatic N) is 1. The van der Waals surface area contributed by atoms with Gasteiger partial charge in [0.1, 0.15) is 5.78 Å². The van der Waals surface area contributed by atoms with E-state index in [1.165, 1.54) is 22.4 Å². The first-order valence-electron chi connectivity index (χ1n) is 6.81. The lowest BCUT2D eigenvalue weighted by molar-refractivity contribution is -0.120. The van der Waals surface area contributed by atoms with Crippen molar-refractivity contribution in [3.05, 3.63) is 28.8 Å². The molecular formula is C16H23NO. The van der Waals surface area contributed by atoms with Crippen LogP contribution in [0.3, 0.4) is 0 Å². The van der Waals surface area contributed by atoms with Crippen LogP contribution in [0, 0.1) is 20.8 Å². The van der Waals surface area contributed by atoms with Crippen molar-refractivity contribution in [1.82, 2.24) is 0 Å². The second kappa shape index (κ2) is 5.13. The number of anilines is 1. The van der Waals surface area contributed by atoms with Crippen molar-refractivity contribution in [2.45, 2.75) is 52.5 Å². The highest BCUT2D eigenvalue weighted by Gasteiger charge is 2.23. The molecule has 18 heavy (non-hydrogen) atoms. The third-order valence-electron chi connectivity index (χ3n) is 4.05. The van der Waals surface area contributed by atoms with Gasteiger partial charge in [-0.2, -0.15) is 0 Å². The van der Waals surface area contributed by atoms with E-state index in [0.717, 1.165) is 25.7 Å². The van der Waals surface area contributed by atoms with Crippen molar-refractivity contribution in [3.63, 3.8) is 0 Å². The minimum atomic E-state index is 0.428. The highest BCUT2D eigenvalue weighted by atomic mass is 16.1. The zero-order valence-corrected chi connectivity index (χ0v) is 11.9. The van der Waals surface area contributed by atoms with Crippen molar-refractivity contribution in [2.24, 2.45) is 0 Å². The largest absolute Gasteiger partial charge is 0.371 e. The van der Waals surface area contributed by atoms with Gasteiger partial charge in [-0.1, -0.05) is 17.7 Å². The third kappa shape index (κ3) is 2.58. The molecular weight excluding hydrogens is 222 g/mol. The standard InChI is InChI=1S/C16H23NO/c1-11-9-12(2)16(13(3)10-11)17(4)14-5-7-15(18)8-6-14/h9-10,14H,5-8H2,1-4H3. The number of rotatable bonds is 2. The topological polar surface area (TPSA) is 20.3 Å². The van der Waals surface area contributed by atoms with Gasteiger partial charge in [-0.3, -0.25) is 4.79 Å². The minimum Gasteiger partial charge on any atom is -0.371 e. The third-order valence-corrected chi connectivity index (χ3v) is 4.05. The van der Waals surface area contributed by atoms with Crippen LogP contribution >= 0.6 is 0 Å². The Bertz CT molecular complexity index is 431. The van der Waals surface area contributed by atoms with Crippen LogP contribution in [0.5, 0.6) is 0 Å². The summed E-state index contributed by atoms with van der Waals surface area (Å²) in [7, 11) is 2.17. The van der Waals surface area contributed by atoms with Crippen molar-refractivity contribution in [1.29, 1.82) is 0 Å². The first kappa shape index (κ1) is 13.1. The molecule has 1 aromatic rings. The summed E-state index contributed by atoms with van der Waals surface area (Å²) in [6, 6.07) is 5.00. The summed E-state index contributed by atoms with van der Waals surface area (Å²) in [5.74, 6) is 0.428. The molecule has 0 aromatic heterocycles. The van der Waals surface area contributed by atoms with Crippen molar-refractivity contribution in [2.75, 3.05) is 11.9 Å². The van der Waals surface area contributed by atoms with E-state index in [1.807, 2.05) is 0 Å². The zero-order chi connectivity index (χ0) is 13.3. The monoisotopic (exact) mass is 245 g/mol. The van der Waals surface area contributed by atoms with Gasteiger partial charge in [-0.25, -0.2) is 0 Å². The van der Waals surface area contributed by atoms with Crippen LogP contribution in [0.25, 0.3) is 0 Å². The fourth-order valence-corrected chi connectivity index (χ4v) is 3.22. The number of carbonyl (C=O) groups is 1. The molecule has 98 valence electrons. The Morgan fingerprint density at radius 2 is 1.56 bits per heavy atom. The summed E-state index contributed by atoms with van der Waals surface area (Å²) >= 11 is 0. The molecule has 1 aromatic carbocycles. The van der Waals surface area contributed by atoms with Crippen LogP contribution < -0.4 is 4.90 Å². The van der Waals surface area contributed by atoms with E-state index in [9.17, 15) is 4.79 Å². The molecule has 0 bridgehead atoms. The van der Waals surface area contributed by atoms with E-state index in [0.29, 0.717) is 11.8 Å². The van der Waals surface area contributed by atoms with Gasteiger partial charge < -0.3 is 4.90 Å². The van der Waals surface area contributed by atoms with Gasteiger partial charge in [-0.05, 0) is 44.7 Å². The summed E-state index contributed by atoms with van der Waals surface area (Å²) in [6.45, 7) is 6.50. The predicted octanol–water partition coefficient (Wildman–Crippen LogP) is 3.56. The maximum absolute atomic E-state index is 11.3. The Kier molecular flexibility index (Phi) is 3.74. The number of aryl methyl sites for hydroxylation is 3. The Morgan fingerprint density at radius 3 is 2.06 bits per heavy atom. The quantitative estimate of drug-likeness (QED) is 0.794. The van der Waals surface area contributed by atoms with E-state index >= 15 is 0 Å². The lowest BCUT2D eigenvalue weighted by Gasteiger charge is -2.34. The lowest BCUT2D eigenvalue weighted by atomic mass is 9.92. The van der Waals surface area contributed by atoms with Crippen LogP contribution in [0.15, 0.2) is 12.1 Å². The lowest BCUT2D eigenvalue weighted by Crippen LogP contribution is -2.36. The number of ketones is 1. The zero-order valence-electron chi connectivity index (χ0n) is 11.9. The van der Waals surface area contributed by atoms with Crippen LogP contribution in [0.2, 0.25) is 0 Å². The first-order chi connectivity index (χ1) is 8.49. The molecule has 2 rings (SSSR count). The molecule has 2 heteroatoms. The molecule has 0 aliphatic heterocycles. The molecule has 1 aliphatic carbocycles. The van der Waals surface area contributed by atoms with E-state index in [1.54, 1.807) is 0 Å². The fraction of sp³-hybridized carbons (Fsp3) is 0.562. The van der Waals surface area contributed by atoms with E-state index in [-0.39, 0.29) is 0 Å². The smallest absolute Gasteiger partial charge is 0.133 e. The SMILES string of the molecule is Cc1cc(C)c(N(C)C2CCC(=O)CC2)c(C)c1. The number of carbonyl (C=O) groups excluding carboxylic acids is 1. The summed E-state index contributed by atoms with van der Waals surface area (Å²) in [5.41, 5.74) is 5.35. The van der Waals surface area contributed by atoms with E-state index in [2.05, 4.69) is 44.9 Å². The predicted molar refractivity (Wildman–Crippen MR) is 76.3 cm³/mol. The fourth-order valence-electron chi connectivity index (χ4n) is 3.22.